The number of hydrogen-bond donors (Lipinski definition) is 2. The van der Waals surface area contributed by atoms with E-state index in [0.29, 0.717) is 11.3 Å². The van der Waals surface area contributed by atoms with Gasteiger partial charge in [-0.15, -0.1) is 0 Å². The molecule has 28 heavy (non-hydrogen) atoms. The van der Waals surface area contributed by atoms with Crippen LogP contribution in [0.25, 0.3) is 5.69 Å². The Labute approximate surface area is 161 Å². The number of nitrogens with zero attached hydrogens (tertiary/aromatic N) is 2. The SMILES string of the molecule is Cc1ccccc1C(CC(=O)O)NC(=O)c1ccn(-c2ccc(F)cc2C)n1. The minimum Gasteiger partial charge on any atom is -0.481 e. The summed E-state index contributed by atoms with van der Waals surface area (Å²) in [5.74, 6) is -1.84. The van der Waals surface area contributed by atoms with Crippen molar-refractivity contribution in [2.24, 2.45) is 0 Å². The highest BCUT2D eigenvalue weighted by molar-refractivity contribution is 5.92. The van der Waals surface area contributed by atoms with Gasteiger partial charge in [0.05, 0.1) is 18.2 Å². The Kier molecular flexibility index (Phi) is 5.54. The Bertz CT molecular complexity index is 1030. The van der Waals surface area contributed by atoms with Crippen molar-refractivity contribution < 1.29 is 19.1 Å². The average Bonchev–Trinajstić information content (AvgIpc) is 3.11. The fourth-order valence-electron chi connectivity index (χ4n) is 3.08. The highest BCUT2D eigenvalue weighted by Gasteiger charge is 2.21. The summed E-state index contributed by atoms with van der Waals surface area (Å²) in [5.41, 5.74) is 3.11. The van der Waals surface area contributed by atoms with Crippen LogP contribution in [0.3, 0.4) is 0 Å². The summed E-state index contributed by atoms with van der Waals surface area (Å²) in [4.78, 5) is 23.9. The minimum absolute atomic E-state index is 0.146. The number of hydrogen-bond acceptors (Lipinski definition) is 3. The van der Waals surface area contributed by atoms with Gasteiger partial charge in [0.1, 0.15) is 5.82 Å². The molecule has 6 nitrogen and oxygen atoms in total. The largest absolute Gasteiger partial charge is 0.481 e. The fraction of sp³-hybridized carbons (Fsp3) is 0.190. The van der Waals surface area contributed by atoms with Crippen molar-refractivity contribution in [2.45, 2.75) is 26.3 Å². The van der Waals surface area contributed by atoms with E-state index in [9.17, 15) is 19.1 Å². The maximum absolute atomic E-state index is 13.3. The number of nitrogens with one attached hydrogen (secondary N) is 1. The van der Waals surface area contributed by atoms with Gasteiger partial charge in [-0.2, -0.15) is 5.10 Å². The molecule has 0 aliphatic heterocycles. The third-order valence-corrected chi connectivity index (χ3v) is 4.48. The number of halogens is 1. The number of carbonyl (C=O) groups excluding carboxylic acids is 1. The molecule has 1 amide bonds. The summed E-state index contributed by atoms with van der Waals surface area (Å²) in [6, 6.07) is 12.5. The Morgan fingerprint density at radius 2 is 1.89 bits per heavy atom. The standard InChI is InChI=1S/C21H20FN3O3/c1-13-5-3-4-6-16(13)18(12-20(26)27)23-21(28)17-9-10-25(24-17)19-8-7-15(22)11-14(19)2/h3-11,18H,12H2,1-2H3,(H,23,28)(H,26,27). The number of benzene rings is 2. The van der Waals surface area contributed by atoms with Crippen LogP contribution in [-0.2, 0) is 4.79 Å². The fourth-order valence-corrected chi connectivity index (χ4v) is 3.08. The quantitative estimate of drug-likeness (QED) is 0.684. The molecule has 0 saturated carbocycles. The van der Waals surface area contributed by atoms with E-state index in [-0.39, 0.29) is 17.9 Å². The van der Waals surface area contributed by atoms with Crippen molar-refractivity contribution in [2.75, 3.05) is 0 Å². The molecule has 3 aromatic rings. The average molecular weight is 381 g/mol. The molecule has 0 fully saturated rings. The lowest BCUT2D eigenvalue weighted by Crippen LogP contribution is -2.31. The maximum atomic E-state index is 13.3. The molecule has 0 radical (unpaired) electrons. The molecule has 3 rings (SSSR count). The van der Waals surface area contributed by atoms with Gasteiger partial charge in [-0.3, -0.25) is 9.59 Å². The topological polar surface area (TPSA) is 84.2 Å². The van der Waals surface area contributed by atoms with Gasteiger partial charge in [-0.25, -0.2) is 9.07 Å². The van der Waals surface area contributed by atoms with Gasteiger partial charge in [0.15, 0.2) is 5.69 Å². The number of aryl methyl sites for hydroxylation is 2. The summed E-state index contributed by atoms with van der Waals surface area (Å²) in [6.45, 7) is 3.61. The van der Waals surface area contributed by atoms with E-state index in [0.717, 1.165) is 11.1 Å². The second kappa shape index (κ2) is 8.04. The minimum atomic E-state index is -1.01. The first kappa shape index (κ1) is 19.3. The maximum Gasteiger partial charge on any atom is 0.305 e. The van der Waals surface area contributed by atoms with Crippen LogP contribution in [0, 0.1) is 19.7 Å². The smallest absolute Gasteiger partial charge is 0.305 e. The Balaban J connectivity index is 1.84. The monoisotopic (exact) mass is 381 g/mol. The molecule has 1 heterocycles. The third-order valence-electron chi connectivity index (χ3n) is 4.48. The zero-order valence-corrected chi connectivity index (χ0v) is 15.5. The van der Waals surface area contributed by atoms with Gasteiger partial charge in [0, 0.05) is 6.20 Å². The number of carboxylic acid groups (broad SMARTS) is 1. The van der Waals surface area contributed by atoms with Crippen LogP contribution >= 0.6 is 0 Å². The van der Waals surface area contributed by atoms with Crippen LogP contribution in [0.5, 0.6) is 0 Å². The molecule has 1 atom stereocenters. The van der Waals surface area contributed by atoms with Crippen molar-refractivity contribution in [3.63, 3.8) is 0 Å². The predicted molar refractivity (Wildman–Crippen MR) is 102 cm³/mol. The number of carboxylic acids is 1. The van der Waals surface area contributed by atoms with Crippen molar-refractivity contribution in [1.29, 1.82) is 0 Å². The zero-order valence-electron chi connectivity index (χ0n) is 15.5. The van der Waals surface area contributed by atoms with E-state index < -0.39 is 17.9 Å². The molecule has 0 aliphatic carbocycles. The Hall–Kier alpha value is -3.48. The Morgan fingerprint density at radius 1 is 1.14 bits per heavy atom. The molecule has 1 aromatic heterocycles. The summed E-state index contributed by atoms with van der Waals surface area (Å²) < 4.78 is 14.8. The first-order valence-corrected chi connectivity index (χ1v) is 8.75. The van der Waals surface area contributed by atoms with Crippen LogP contribution in [0.1, 0.15) is 39.6 Å². The van der Waals surface area contributed by atoms with Crippen LogP contribution in [0.2, 0.25) is 0 Å². The molecule has 0 saturated heterocycles. The van der Waals surface area contributed by atoms with Gasteiger partial charge in [-0.1, -0.05) is 24.3 Å². The Morgan fingerprint density at radius 3 is 2.57 bits per heavy atom. The van der Waals surface area contributed by atoms with Crippen molar-refractivity contribution >= 4 is 11.9 Å². The number of amides is 1. The van der Waals surface area contributed by atoms with Crippen LogP contribution in [0.15, 0.2) is 54.7 Å². The van der Waals surface area contributed by atoms with Gasteiger partial charge in [0.25, 0.3) is 5.91 Å². The number of aliphatic carboxylic acids is 1. The lowest BCUT2D eigenvalue weighted by Gasteiger charge is -2.19. The first-order valence-electron chi connectivity index (χ1n) is 8.75. The predicted octanol–water partition coefficient (Wildman–Crippen LogP) is 3.57. The van der Waals surface area contributed by atoms with Crippen LogP contribution in [0.4, 0.5) is 4.39 Å². The molecule has 144 valence electrons. The molecule has 7 heteroatoms. The van der Waals surface area contributed by atoms with E-state index in [4.69, 9.17) is 0 Å². The second-order valence-electron chi connectivity index (χ2n) is 6.56. The van der Waals surface area contributed by atoms with E-state index in [1.165, 1.54) is 22.9 Å². The molecule has 1 unspecified atom stereocenters. The lowest BCUT2D eigenvalue weighted by molar-refractivity contribution is -0.137. The number of rotatable bonds is 6. The number of carbonyl (C=O) groups is 2. The summed E-state index contributed by atoms with van der Waals surface area (Å²) in [6.07, 6.45) is 1.36. The van der Waals surface area contributed by atoms with E-state index in [1.54, 1.807) is 31.3 Å². The molecule has 0 spiro atoms. The van der Waals surface area contributed by atoms with Gasteiger partial charge in [0.2, 0.25) is 0 Å². The second-order valence-corrected chi connectivity index (χ2v) is 6.56. The molecule has 0 aliphatic rings. The van der Waals surface area contributed by atoms with Gasteiger partial charge in [-0.05, 0) is 54.8 Å². The van der Waals surface area contributed by atoms with Crippen molar-refractivity contribution in [3.05, 3.63) is 82.9 Å². The first-order chi connectivity index (χ1) is 13.3. The summed E-state index contributed by atoms with van der Waals surface area (Å²) in [5, 5.41) is 16.2. The molecule has 2 N–H and O–H groups in total. The van der Waals surface area contributed by atoms with E-state index in [1.807, 2.05) is 19.1 Å². The molecular weight excluding hydrogens is 361 g/mol. The van der Waals surface area contributed by atoms with E-state index >= 15 is 0 Å². The summed E-state index contributed by atoms with van der Waals surface area (Å²) in [7, 11) is 0. The van der Waals surface area contributed by atoms with Crippen LogP contribution in [-0.4, -0.2) is 26.8 Å². The molecule has 2 aromatic carbocycles. The zero-order chi connectivity index (χ0) is 20.3. The third kappa shape index (κ3) is 4.25. The van der Waals surface area contributed by atoms with E-state index in [2.05, 4.69) is 10.4 Å². The molecule has 0 bridgehead atoms. The van der Waals surface area contributed by atoms with Crippen LogP contribution < -0.4 is 5.32 Å². The van der Waals surface area contributed by atoms with Crippen molar-refractivity contribution in [3.8, 4) is 5.69 Å². The lowest BCUT2D eigenvalue weighted by atomic mass is 9.98. The highest BCUT2D eigenvalue weighted by Crippen LogP contribution is 2.21. The summed E-state index contributed by atoms with van der Waals surface area (Å²) >= 11 is 0. The molecular formula is C21H20FN3O3. The van der Waals surface area contributed by atoms with Crippen molar-refractivity contribution in [1.82, 2.24) is 15.1 Å². The number of aromatic nitrogens is 2. The normalized spacial score (nSPS) is 11.8. The van der Waals surface area contributed by atoms with Gasteiger partial charge < -0.3 is 10.4 Å². The highest BCUT2D eigenvalue weighted by atomic mass is 19.1. The van der Waals surface area contributed by atoms with Gasteiger partial charge >= 0.3 is 5.97 Å².